The molecule has 2 aliphatic rings. The van der Waals surface area contributed by atoms with E-state index in [-0.39, 0.29) is 12.1 Å². The molecule has 0 bridgehead atoms. The quantitative estimate of drug-likeness (QED) is 0.122. The molecule has 0 atom stereocenters. The largest absolute Gasteiger partial charge is 0.476 e. The normalized spacial score (nSPS) is 15.0. The van der Waals surface area contributed by atoms with Crippen LogP contribution in [0.25, 0.3) is 22.5 Å². The number of hydrogen-bond donors (Lipinski definition) is 2. The van der Waals surface area contributed by atoms with Gasteiger partial charge in [-0.25, -0.2) is 32.4 Å². The molecule has 51 heavy (non-hydrogen) atoms. The Balaban J connectivity index is 1.50. The number of nitriles is 1. The van der Waals surface area contributed by atoms with Crippen LogP contribution in [0.4, 0.5) is 4.39 Å². The van der Waals surface area contributed by atoms with E-state index in [1.165, 1.54) is 23.5 Å². The van der Waals surface area contributed by atoms with E-state index in [4.69, 9.17) is 10.2 Å². The highest BCUT2D eigenvalue weighted by atomic mass is 79.9. The summed E-state index contributed by atoms with van der Waals surface area (Å²) in [5.74, 6) is -1.17. The molecule has 0 saturated heterocycles. The molecule has 3 aromatic carbocycles. The molecule has 3 N–H and O–H groups in total. The Morgan fingerprint density at radius 3 is 2.47 bits per heavy atom. The van der Waals surface area contributed by atoms with Crippen molar-refractivity contribution in [3.05, 3.63) is 121 Å². The van der Waals surface area contributed by atoms with E-state index >= 15 is 4.39 Å². The lowest BCUT2D eigenvalue weighted by molar-refractivity contribution is 0.0691. The van der Waals surface area contributed by atoms with Gasteiger partial charge in [0, 0.05) is 45.1 Å². The molecular formula is C38H33BrFN5O4S2. The summed E-state index contributed by atoms with van der Waals surface area (Å²) in [5, 5.41) is 32.4. The molecule has 2 saturated carbocycles. The maximum atomic E-state index is 15.2. The molecule has 0 amide bonds. The maximum Gasteiger partial charge on any atom is 0.355 e. The highest BCUT2D eigenvalue weighted by molar-refractivity contribution is 9.10. The van der Waals surface area contributed by atoms with Gasteiger partial charge in [-0.1, -0.05) is 46.3 Å². The Morgan fingerprint density at radius 2 is 1.82 bits per heavy atom. The minimum atomic E-state index is -4.26. The van der Waals surface area contributed by atoms with Crippen molar-refractivity contribution < 1.29 is 22.7 Å². The number of sulfonamides is 1. The first kappa shape index (κ1) is 34.9. The van der Waals surface area contributed by atoms with Crippen LogP contribution in [0.1, 0.15) is 75.5 Å². The van der Waals surface area contributed by atoms with Crippen LogP contribution in [0.2, 0.25) is 0 Å². The van der Waals surface area contributed by atoms with Crippen molar-refractivity contribution >= 4 is 54.5 Å². The summed E-state index contributed by atoms with van der Waals surface area (Å²) in [6.45, 7) is 0. The lowest BCUT2D eigenvalue weighted by Crippen LogP contribution is -2.14. The van der Waals surface area contributed by atoms with Gasteiger partial charge in [0.05, 0.1) is 23.0 Å². The van der Waals surface area contributed by atoms with Crippen LogP contribution >= 0.6 is 27.3 Å². The second kappa shape index (κ2) is 14.3. The average molecular weight is 787 g/mol. The first-order chi connectivity index (χ1) is 24.5. The van der Waals surface area contributed by atoms with Gasteiger partial charge in [0.1, 0.15) is 15.7 Å². The van der Waals surface area contributed by atoms with Gasteiger partial charge in [-0.2, -0.15) is 10.4 Å². The number of aromatic carboxylic acids is 1. The SMILES string of the molecule is N#Cc1cccc(-c2nn(C(Cc3cccc(Br)c3)=C(CC3CC3)c3nc(C(=O)O)cs3)c(CC3CC3)c2Cc2ccc(S(N)(=O)=O)c(F)c2)c1. The van der Waals surface area contributed by atoms with Crippen molar-refractivity contribution in [2.45, 2.75) is 56.3 Å². The Bertz CT molecular complexity index is 2350. The maximum absolute atomic E-state index is 15.2. The number of thiazole rings is 1. The van der Waals surface area contributed by atoms with Gasteiger partial charge < -0.3 is 5.11 Å². The van der Waals surface area contributed by atoms with Gasteiger partial charge in [-0.15, -0.1) is 11.3 Å². The van der Waals surface area contributed by atoms with Crippen molar-refractivity contribution in [3.8, 4) is 17.3 Å². The first-order valence-electron chi connectivity index (χ1n) is 16.6. The monoisotopic (exact) mass is 785 g/mol. The average Bonchev–Trinajstić information content (AvgIpc) is 4.01. The minimum absolute atomic E-state index is 0.0107. The number of rotatable bonds is 13. The summed E-state index contributed by atoms with van der Waals surface area (Å²) in [7, 11) is -4.26. The highest BCUT2D eigenvalue weighted by Crippen LogP contribution is 2.44. The predicted molar refractivity (Wildman–Crippen MR) is 197 cm³/mol. The summed E-state index contributed by atoms with van der Waals surface area (Å²) in [6.07, 6.45) is 6.33. The van der Waals surface area contributed by atoms with Gasteiger partial charge in [0.15, 0.2) is 5.69 Å². The molecule has 0 spiro atoms. The number of allylic oxidation sites excluding steroid dienone is 2. The molecule has 7 rings (SSSR count). The van der Waals surface area contributed by atoms with Gasteiger partial charge in [-0.05, 0) is 97.9 Å². The van der Waals surface area contributed by atoms with Gasteiger partial charge >= 0.3 is 5.97 Å². The number of halogens is 2. The Hall–Kier alpha value is -4.48. The number of benzene rings is 3. The van der Waals surface area contributed by atoms with Crippen molar-refractivity contribution in [2.75, 3.05) is 0 Å². The second-order valence-electron chi connectivity index (χ2n) is 13.2. The number of carbonyl (C=O) groups is 1. The van der Waals surface area contributed by atoms with Crippen LogP contribution in [-0.2, 0) is 29.3 Å². The molecule has 9 nitrogen and oxygen atoms in total. The van der Waals surface area contributed by atoms with Crippen molar-refractivity contribution in [1.29, 1.82) is 5.26 Å². The number of primary sulfonamides is 1. The van der Waals surface area contributed by atoms with Crippen LogP contribution in [-0.4, -0.2) is 34.3 Å². The summed E-state index contributed by atoms with van der Waals surface area (Å²) in [5.41, 5.74) is 6.93. The van der Waals surface area contributed by atoms with E-state index in [2.05, 4.69) is 33.0 Å². The van der Waals surface area contributed by atoms with Crippen molar-refractivity contribution in [3.63, 3.8) is 0 Å². The lowest BCUT2D eigenvalue weighted by Gasteiger charge is -2.18. The Morgan fingerprint density at radius 1 is 1.06 bits per heavy atom. The number of aromatic nitrogens is 3. The van der Waals surface area contributed by atoms with Gasteiger partial charge in [-0.3, -0.25) is 0 Å². The number of nitrogens with zero attached hydrogens (tertiary/aromatic N) is 4. The van der Waals surface area contributed by atoms with E-state index in [1.54, 1.807) is 29.6 Å². The third-order valence-corrected chi connectivity index (χ3v) is 11.6. The van der Waals surface area contributed by atoms with E-state index < -0.39 is 26.7 Å². The summed E-state index contributed by atoms with van der Waals surface area (Å²) in [6, 6.07) is 21.4. The van der Waals surface area contributed by atoms with Crippen molar-refractivity contribution in [2.24, 2.45) is 17.0 Å². The Kier molecular flexibility index (Phi) is 9.78. The molecule has 5 aromatic rings. The zero-order valence-corrected chi connectivity index (χ0v) is 30.6. The third-order valence-electron chi connectivity index (χ3n) is 9.25. The summed E-state index contributed by atoms with van der Waals surface area (Å²) < 4.78 is 42.1. The summed E-state index contributed by atoms with van der Waals surface area (Å²) >= 11 is 4.93. The first-order valence-corrected chi connectivity index (χ1v) is 19.8. The van der Waals surface area contributed by atoms with Crippen LogP contribution < -0.4 is 5.14 Å². The zero-order chi connectivity index (χ0) is 35.9. The molecule has 13 heteroatoms. The molecular weight excluding hydrogens is 753 g/mol. The molecule has 2 fully saturated rings. The molecule has 0 aliphatic heterocycles. The fourth-order valence-electron chi connectivity index (χ4n) is 6.36. The highest BCUT2D eigenvalue weighted by Gasteiger charge is 2.32. The zero-order valence-electron chi connectivity index (χ0n) is 27.4. The predicted octanol–water partition coefficient (Wildman–Crippen LogP) is 8.08. The van der Waals surface area contributed by atoms with E-state index in [1.807, 2.05) is 28.9 Å². The van der Waals surface area contributed by atoms with E-state index in [0.29, 0.717) is 52.9 Å². The smallest absolute Gasteiger partial charge is 0.355 e. The molecule has 2 aromatic heterocycles. The molecule has 260 valence electrons. The van der Waals surface area contributed by atoms with Crippen LogP contribution in [0.5, 0.6) is 0 Å². The summed E-state index contributed by atoms with van der Waals surface area (Å²) in [4.78, 5) is 16.0. The van der Waals surface area contributed by atoms with E-state index in [9.17, 15) is 23.6 Å². The van der Waals surface area contributed by atoms with Crippen LogP contribution in [0.15, 0.2) is 81.5 Å². The number of carboxylic acid groups (broad SMARTS) is 1. The standard InChI is InChI=1S/C38H33BrFN5O4S2/c39-28-6-2-3-24(14-28)19-34(30(15-22-7-8-22)37-43-32(21-50-37)38(46)47)45-33(18-23-9-10-23)29(36(44-45)27-5-1-4-26(13-27)20-41)16-25-11-12-35(31(40)17-25)51(42,48)49/h1-6,11-14,17,21-23H,7-10,15-16,18-19H2,(H,46,47)(H2,42,48,49). The Labute approximate surface area is 307 Å². The molecule has 2 aliphatic carbocycles. The van der Waals surface area contributed by atoms with Crippen LogP contribution in [0.3, 0.4) is 0 Å². The lowest BCUT2D eigenvalue weighted by atomic mass is 9.95. The van der Waals surface area contributed by atoms with Crippen LogP contribution in [0, 0.1) is 29.0 Å². The fraction of sp³-hybridized carbons (Fsp3) is 0.263. The topological polar surface area (TPSA) is 152 Å². The second-order valence-corrected chi connectivity index (χ2v) is 16.5. The van der Waals surface area contributed by atoms with Crippen molar-refractivity contribution in [1.82, 2.24) is 14.8 Å². The van der Waals surface area contributed by atoms with Gasteiger partial charge in [0.2, 0.25) is 10.0 Å². The molecule has 0 unspecified atom stereocenters. The number of carboxylic acids is 1. The van der Waals surface area contributed by atoms with E-state index in [0.717, 1.165) is 63.8 Å². The number of hydrogen-bond acceptors (Lipinski definition) is 7. The molecule has 2 heterocycles. The molecule has 0 radical (unpaired) electrons. The van der Waals surface area contributed by atoms with Gasteiger partial charge in [0.25, 0.3) is 0 Å². The third kappa shape index (κ3) is 8.05. The fourth-order valence-corrected chi connectivity index (χ4v) is 8.26. The minimum Gasteiger partial charge on any atom is -0.476 e. The number of nitrogens with two attached hydrogens (primary N) is 1.